The van der Waals surface area contributed by atoms with Crippen LogP contribution in [0.25, 0.3) is 32.6 Å². The minimum Gasteiger partial charge on any atom is -0.394 e. The average Bonchev–Trinajstić information content (AvgIpc) is 3.24. The average molecular weight is 379 g/mol. The predicted octanol–water partition coefficient (Wildman–Crippen LogP) is 1.99. The van der Waals surface area contributed by atoms with Crippen molar-refractivity contribution in [2.75, 3.05) is 6.61 Å². The van der Waals surface area contributed by atoms with Crippen molar-refractivity contribution in [3.05, 3.63) is 53.9 Å². The smallest absolute Gasteiger partial charge is 0.292 e. The van der Waals surface area contributed by atoms with Gasteiger partial charge in [0, 0.05) is 27.7 Å². The Morgan fingerprint density at radius 1 is 1.00 bits per heavy atom. The summed E-state index contributed by atoms with van der Waals surface area (Å²) >= 11 is 0. The number of pyridine rings is 1. The van der Waals surface area contributed by atoms with Crippen LogP contribution in [-0.4, -0.2) is 45.2 Å². The molecule has 1 aliphatic heterocycles. The minimum atomic E-state index is -1.11. The van der Waals surface area contributed by atoms with Gasteiger partial charge in [0.25, 0.3) is 6.23 Å². The molecule has 6 nitrogen and oxygen atoms in total. The molecule has 28 heavy (non-hydrogen) atoms. The molecule has 6 heteroatoms. The number of aromatic nitrogens is 2. The van der Waals surface area contributed by atoms with Crippen LogP contribution in [0.2, 0.25) is 0 Å². The van der Waals surface area contributed by atoms with Crippen LogP contribution in [0.5, 0.6) is 0 Å². The molecule has 1 fully saturated rings. The zero-order chi connectivity index (χ0) is 19.6. The van der Waals surface area contributed by atoms with E-state index in [4.69, 9.17) is 4.74 Å². The van der Waals surface area contributed by atoms with Gasteiger partial charge in [-0.3, -0.25) is 0 Å². The molecule has 0 amide bonds. The highest BCUT2D eigenvalue weighted by Crippen LogP contribution is 2.36. The summed E-state index contributed by atoms with van der Waals surface area (Å²) in [5.74, 6) is 0. The van der Waals surface area contributed by atoms with Crippen molar-refractivity contribution >= 4 is 32.6 Å². The molecule has 4 N–H and O–H groups in total. The monoisotopic (exact) mass is 379 g/mol. The number of para-hydroxylation sites is 1. The molecule has 4 atom stereocenters. The second-order valence-corrected chi connectivity index (χ2v) is 7.62. The van der Waals surface area contributed by atoms with Gasteiger partial charge in [0.1, 0.15) is 12.2 Å². The molecule has 1 aliphatic rings. The lowest BCUT2D eigenvalue weighted by Crippen LogP contribution is -2.45. The van der Waals surface area contributed by atoms with Crippen LogP contribution < -0.4 is 4.57 Å². The Hall–Kier alpha value is -2.51. The Morgan fingerprint density at radius 3 is 2.54 bits per heavy atom. The number of aliphatic hydroxyl groups is 3. The van der Waals surface area contributed by atoms with E-state index in [-0.39, 0.29) is 6.61 Å². The number of hydrogen-bond acceptors (Lipinski definition) is 4. The number of aryl methyl sites for hydroxylation is 2. The van der Waals surface area contributed by atoms with E-state index in [9.17, 15) is 15.3 Å². The summed E-state index contributed by atoms with van der Waals surface area (Å²) in [6, 6.07) is 10.3. The van der Waals surface area contributed by atoms with E-state index in [2.05, 4.69) is 31.0 Å². The van der Waals surface area contributed by atoms with Gasteiger partial charge in [0.15, 0.2) is 18.5 Å². The first-order valence-corrected chi connectivity index (χ1v) is 9.47. The number of fused-ring (bicyclic) bond motifs is 4. The molecule has 3 heterocycles. The number of aromatic amines is 1. The van der Waals surface area contributed by atoms with Crippen LogP contribution in [0.4, 0.5) is 0 Å². The predicted molar refractivity (Wildman–Crippen MR) is 106 cm³/mol. The van der Waals surface area contributed by atoms with Crippen molar-refractivity contribution in [3.8, 4) is 0 Å². The maximum absolute atomic E-state index is 10.4. The maximum atomic E-state index is 10.4. The molecule has 0 aliphatic carbocycles. The molecule has 1 saturated heterocycles. The van der Waals surface area contributed by atoms with Crippen LogP contribution >= 0.6 is 0 Å². The summed E-state index contributed by atoms with van der Waals surface area (Å²) in [4.78, 5) is 3.54. The molecule has 5 rings (SSSR count). The molecular weight excluding hydrogens is 356 g/mol. The minimum absolute atomic E-state index is 0.336. The number of benzene rings is 2. The third-order valence-corrected chi connectivity index (χ3v) is 6.06. The second-order valence-electron chi connectivity index (χ2n) is 7.62. The second kappa shape index (κ2) is 6.25. The quantitative estimate of drug-likeness (QED) is 0.401. The van der Waals surface area contributed by atoms with E-state index in [1.807, 2.05) is 30.6 Å². The van der Waals surface area contributed by atoms with Crippen molar-refractivity contribution in [2.24, 2.45) is 0 Å². The van der Waals surface area contributed by atoms with E-state index in [0.717, 1.165) is 27.4 Å². The Morgan fingerprint density at radius 2 is 1.79 bits per heavy atom. The number of rotatable bonds is 2. The Kier molecular flexibility index (Phi) is 3.93. The van der Waals surface area contributed by atoms with Gasteiger partial charge in [-0.25, -0.2) is 0 Å². The van der Waals surface area contributed by atoms with Gasteiger partial charge in [-0.05, 0) is 36.4 Å². The van der Waals surface area contributed by atoms with E-state index in [1.165, 1.54) is 16.3 Å². The summed E-state index contributed by atoms with van der Waals surface area (Å²) in [6.07, 6.45) is 0.0649. The third kappa shape index (κ3) is 2.32. The van der Waals surface area contributed by atoms with Crippen LogP contribution in [0.3, 0.4) is 0 Å². The van der Waals surface area contributed by atoms with Crippen LogP contribution in [-0.2, 0) is 4.74 Å². The van der Waals surface area contributed by atoms with E-state index in [1.54, 1.807) is 4.57 Å². The third-order valence-electron chi connectivity index (χ3n) is 6.06. The molecule has 0 saturated carbocycles. The number of hydrogen-bond donors (Lipinski definition) is 4. The van der Waals surface area contributed by atoms with Crippen molar-refractivity contribution in [1.82, 2.24) is 4.98 Å². The van der Waals surface area contributed by atoms with Gasteiger partial charge in [0.2, 0.25) is 0 Å². The van der Waals surface area contributed by atoms with Crippen LogP contribution in [0.15, 0.2) is 42.7 Å². The Bertz CT molecular complexity index is 1220. The molecule has 0 spiro atoms. The fraction of sp³-hybridized carbons (Fsp3) is 0.318. The van der Waals surface area contributed by atoms with Crippen LogP contribution in [0.1, 0.15) is 17.4 Å². The molecule has 1 unspecified atom stereocenters. The SMILES string of the molecule is Cc1c2cc[n+](C3O[C@@H](CO)[C@H](O)[C@@H]3O)cc2c(C)c2c1[nH]c1ccccc12. The summed E-state index contributed by atoms with van der Waals surface area (Å²) < 4.78 is 7.47. The zero-order valence-corrected chi connectivity index (χ0v) is 15.8. The number of nitrogens with one attached hydrogen (secondary N) is 1. The fourth-order valence-corrected chi connectivity index (χ4v) is 4.50. The summed E-state index contributed by atoms with van der Waals surface area (Å²) in [6.45, 7) is 3.87. The number of nitrogens with zero attached hydrogens (tertiary/aromatic N) is 1. The Labute approximate surface area is 161 Å². The topological polar surface area (TPSA) is 89.6 Å². The van der Waals surface area contributed by atoms with Crippen LogP contribution in [0, 0.1) is 13.8 Å². The first-order chi connectivity index (χ1) is 13.5. The van der Waals surface area contributed by atoms with Crippen molar-refractivity contribution in [3.63, 3.8) is 0 Å². The molecule has 2 aromatic carbocycles. The normalized spacial score (nSPS) is 25.3. The molecule has 4 aromatic rings. The largest absolute Gasteiger partial charge is 0.394 e. The van der Waals surface area contributed by atoms with E-state index in [0.29, 0.717) is 0 Å². The van der Waals surface area contributed by atoms with Gasteiger partial charge in [-0.1, -0.05) is 18.2 Å². The zero-order valence-electron chi connectivity index (χ0n) is 15.8. The van der Waals surface area contributed by atoms with Gasteiger partial charge in [-0.15, -0.1) is 0 Å². The Balaban J connectivity index is 1.75. The molecule has 0 bridgehead atoms. The summed E-state index contributed by atoms with van der Waals surface area (Å²) in [5.41, 5.74) is 4.56. The number of ether oxygens (including phenoxy) is 1. The van der Waals surface area contributed by atoms with E-state index < -0.39 is 24.5 Å². The van der Waals surface area contributed by atoms with Crippen molar-refractivity contribution in [2.45, 2.75) is 38.4 Å². The van der Waals surface area contributed by atoms with E-state index >= 15 is 0 Å². The maximum Gasteiger partial charge on any atom is 0.292 e. The molecule has 0 radical (unpaired) electrons. The standard InChI is InChI=1S/C22H22N2O4/c1-11-15-9-24(22-21(27)20(26)17(10-25)28-22)8-7-13(15)12(2)19-18(11)14-5-3-4-6-16(14)23-19/h3-9,17,20-22,25-27H,10H2,1-2H3/p+1/t17-,20-,21-,22?/m0/s1. The summed E-state index contributed by atoms with van der Waals surface area (Å²) in [5, 5.41) is 34.4. The van der Waals surface area contributed by atoms with Crippen molar-refractivity contribution in [1.29, 1.82) is 0 Å². The highest BCUT2D eigenvalue weighted by Gasteiger charge is 2.48. The highest BCUT2D eigenvalue weighted by molar-refractivity contribution is 6.16. The first kappa shape index (κ1) is 17.6. The molecule has 144 valence electrons. The van der Waals surface area contributed by atoms with Gasteiger partial charge < -0.3 is 25.0 Å². The fourth-order valence-electron chi connectivity index (χ4n) is 4.50. The number of H-pyrrole nitrogens is 1. The number of aliphatic hydroxyl groups excluding tert-OH is 3. The lowest BCUT2D eigenvalue weighted by molar-refractivity contribution is -0.764. The first-order valence-electron chi connectivity index (χ1n) is 9.47. The van der Waals surface area contributed by atoms with Gasteiger partial charge in [-0.2, -0.15) is 4.57 Å². The van der Waals surface area contributed by atoms with Gasteiger partial charge >= 0.3 is 0 Å². The lowest BCUT2D eigenvalue weighted by atomic mass is 9.97. The lowest BCUT2D eigenvalue weighted by Gasteiger charge is -2.12. The molecule has 2 aromatic heterocycles. The van der Waals surface area contributed by atoms with Crippen molar-refractivity contribution < 1.29 is 24.6 Å². The molecular formula is C22H23N2O4+. The highest BCUT2D eigenvalue weighted by atomic mass is 16.6. The van der Waals surface area contributed by atoms with Gasteiger partial charge in [0.05, 0.1) is 12.1 Å². The summed E-state index contributed by atoms with van der Waals surface area (Å²) in [7, 11) is 0.